The van der Waals surface area contributed by atoms with Crippen molar-refractivity contribution in [2.75, 3.05) is 0 Å². The van der Waals surface area contributed by atoms with Gasteiger partial charge in [-0.05, 0) is 60.7 Å². The summed E-state index contributed by atoms with van der Waals surface area (Å²) in [4.78, 5) is -1.40. The lowest BCUT2D eigenvalue weighted by atomic mass is 9.99. The van der Waals surface area contributed by atoms with E-state index in [0.29, 0.717) is 0 Å². The van der Waals surface area contributed by atoms with Crippen LogP contribution < -0.4 is 0 Å². The topological polar surface area (TPSA) is 137 Å². The normalized spacial score (nSPS) is 15.8. The van der Waals surface area contributed by atoms with Crippen LogP contribution in [-0.4, -0.2) is 33.7 Å². The fourth-order valence-electron chi connectivity index (χ4n) is 5.36. The van der Waals surface area contributed by atoms with E-state index in [0.717, 1.165) is 18.2 Å². The lowest BCUT2D eigenvalue weighted by Gasteiger charge is -2.07. The molecule has 0 aliphatic carbocycles. The van der Waals surface area contributed by atoms with Gasteiger partial charge in [0.1, 0.15) is 0 Å². The molecule has 5 aromatic rings. The third kappa shape index (κ3) is 3.62. The van der Waals surface area contributed by atoms with Crippen molar-refractivity contribution in [3.63, 3.8) is 0 Å². The Kier molecular flexibility index (Phi) is 5.55. The zero-order chi connectivity index (χ0) is 29.7. The van der Waals surface area contributed by atoms with Crippen LogP contribution in [0.5, 0.6) is 0 Å². The number of benzene rings is 5. The van der Waals surface area contributed by atoms with Crippen LogP contribution in [0.3, 0.4) is 0 Å². The van der Waals surface area contributed by atoms with Gasteiger partial charge in [-0.2, -0.15) is 0 Å². The predicted octanol–water partition coefficient (Wildman–Crippen LogP) is 4.98. The zero-order valence-corrected chi connectivity index (χ0v) is 24.6. The molecular weight excluding hydrogens is 617 g/mol. The van der Waals surface area contributed by atoms with Crippen molar-refractivity contribution in [2.45, 2.75) is 39.2 Å². The van der Waals surface area contributed by atoms with Crippen LogP contribution in [0, 0.1) is 0 Å². The van der Waals surface area contributed by atoms with Crippen LogP contribution >= 0.6 is 0 Å². The minimum Gasteiger partial charge on any atom is -0.219 e. The molecule has 0 spiro atoms. The van der Waals surface area contributed by atoms with Crippen molar-refractivity contribution in [2.24, 2.45) is 0 Å². The molecule has 8 nitrogen and oxygen atoms in total. The summed E-state index contributed by atoms with van der Waals surface area (Å²) < 4.78 is 107. The van der Waals surface area contributed by atoms with Crippen LogP contribution in [-0.2, 0) is 39.3 Å². The first kappa shape index (κ1) is 26.8. The van der Waals surface area contributed by atoms with Crippen LogP contribution in [0.15, 0.2) is 148 Å². The summed E-state index contributed by atoms with van der Waals surface area (Å²) in [5.41, 5.74) is 0.954. The van der Waals surface area contributed by atoms with Crippen LogP contribution in [0.1, 0.15) is 0 Å². The van der Waals surface area contributed by atoms with Gasteiger partial charge in [0, 0.05) is 22.3 Å². The smallest absolute Gasteiger partial charge is 0.207 e. The van der Waals surface area contributed by atoms with E-state index in [1.807, 2.05) is 0 Å². The molecule has 0 bridgehead atoms. The van der Waals surface area contributed by atoms with Gasteiger partial charge in [-0.15, -0.1) is 0 Å². The van der Waals surface area contributed by atoms with Crippen molar-refractivity contribution in [3.05, 3.63) is 109 Å². The van der Waals surface area contributed by atoms with E-state index < -0.39 is 39.3 Å². The van der Waals surface area contributed by atoms with E-state index >= 15 is 0 Å². The molecule has 210 valence electrons. The molecule has 0 saturated heterocycles. The molecule has 0 atom stereocenters. The molecule has 0 radical (unpaired) electrons. The molecule has 0 N–H and O–H groups in total. The molecular formula is C30H18O8S4. The number of sulfone groups is 4. The van der Waals surface area contributed by atoms with Crippen LogP contribution in [0.25, 0.3) is 22.3 Å². The fraction of sp³-hybridized carbons (Fsp3) is 0. The Hall–Kier alpha value is -4.10. The molecule has 0 amide bonds. The number of hydrogen-bond acceptors (Lipinski definition) is 8. The highest BCUT2D eigenvalue weighted by Gasteiger charge is 2.41. The quantitative estimate of drug-likeness (QED) is 0.265. The number of fused-ring (bicyclic) bond motifs is 6. The van der Waals surface area contributed by atoms with Gasteiger partial charge < -0.3 is 0 Å². The summed E-state index contributed by atoms with van der Waals surface area (Å²) in [7, 11) is -16.6. The first-order chi connectivity index (χ1) is 19.8. The van der Waals surface area contributed by atoms with Crippen molar-refractivity contribution < 1.29 is 33.7 Å². The van der Waals surface area contributed by atoms with Gasteiger partial charge >= 0.3 is 0 Å². The summed E-state index contributed by atoms with van der Waals surface area (Å²) in [6.45, 7) is 0. The highest BCUT2D eigenvalue weighted by molar-refractivity contribution is 7.93. The summed E-state index contributed by atoms with van der Waals surface area (Å²) in [5, 5.41) is 0. The Morgan fingerprint density at radius 3 is 1.10 bits per heavy atom. The maximum atomic E-state index is 13.6. The van der Waals surface area contributed by atoms with E-state index in [1.165, 1.54) is 54.6 Å². The molecule has 2 heterocycles. The summed E-state index contributed by atoms with van der Waals surface area (Å²) in [6, 6.07) is 25.4. The Balaban J connectivity index is 1.38. The zero-order valence-electron chi connectivity index (χ0n) is 21.3. The third-order valence-corrected chi connectivity index (χ3v) is 14.7. The fourth-order valence-corrected chi connectivity index (χ4v) is 11.6. The van der Waals surface area contributed by atoms with E-state index in [1.54, 1.807) is 36.4 Å². The Morgan fingerprint density at radius 2 is 0.714 bits per heavy atom. The first-order valence-corrected chi connectivity index (χ1v) is 18.4. The van der Waals surface area contributed by atoms with Crippen LogP contribution in [0.4, 0.5) is 0 Å². The minimum atomic E-state index is -4.28. The molecule has 7 rings (SSSR count). The third-order valence-electron chi connectivity index (χ3n) is 7.45. The summed E-state index contributed by atoms with van der Waals surface area (Å²) in [6.07, 6.45) is 0. The lowest BCUT2D eigenvalue weighted by Crippen LogP contribution is -2.05. The van der Waals surface area contributed by atoms with E-state index in [4.69, 9.17) is 0 Å². The van der Waals surface area contributed by atoms with E-state index in [2.05, 4.69) is 0 Å². The average Bonchev–Trinajstić information content (AvgIpc) is 3.35. The standard InChI is InChI=1S/C30H18O8S4/c31-39(32,19-7-3-1-4-8-19)21-11-13-23-25-17-26-24-14-12-22(40(33,34)20-9-5-2-6-10-20)16-28(24)42(37,38)30(26)18-29(25)41(35,36)27(23)15-21/h1-18H. The minimum absolute atomic E-state index is 0.00758. The molecule has 2 aliphatic rings. The van der Waals surface area contributed by atoms with Crippen molar-refractivity contribution >= 4 is 39.3 Å². The summed E-state index contributed by atoms with van der Waals surface area (Å²) >= 11 is 0. The highest BCUT2D eigenvalue weighted by Crippen LogP contribution is 2.52. The lowest BCUT2D eigenvalue weighted by molar-refractivity contribution is 0.592. The molecule has 42 heavy (non-hydrogen) atoms. The van der Waals surface area contributed by atoms with Gasteiger partial charge in [0.25, 0.3) is 0 Å². The maximum Gasteiger partial charge on any atom is 0.207 e. The van der Waals surface area contributed by atoms with Gasteiger partial charge in [-0.25, -0.2) is 33.7 Å². The Labute approximate surface area is 242 Å². The Morgan fingerprint density at radius 1 is 0.357 bits per heavy atom. The predicted molar refractivity (Wildman–Crippen MR) is 152 cm³/mol. The second-order valence-electron chi connectivity index (χ2n) is 9.80. The van der Waals surface area contributed by atoms with Crippen molar-refractivity contribution in [1.82, 2.24) is 0 Å². The SMILES string of the molecule is O=S(=O)(c1ccccc1)c1ccc2c(c1)S(=O)(=O)c1cc3c(cc1-2)-c1ccc(S(=O)(=O)c2ccccc2)cc1S3(=O)=O. The monoisotopic (exact) mass is 634 g/mol. The van der Waals surface area contributed by atoms with Gasteiger partial charge in [-0.3, -0.25) is 0 Å². The largest absolute Gasteiger partial charge is 0.219 e. The van der Waals surface area contributed by atoms with Crippen LogP contribution in [0.2, 0.25) is 0 Å². The van der Waals surface area contributed by atoms with Crippen molar-refractivity contribution in [1.29, 1.82) is 0 Å². The molecule has 0 saturated carbocycles. The molecule has 0 fully saturated rings. The molecule has 5 aromatic carbocycles. The molecule has 0 unspecified atom stereocenters. The van der Waals surface area contributed by atoms with E-state index in [9.17, 15) is 33.7 Å². The van der Waals surface area contributed by atoms with Gasteiger partial charge in [0.2, 0.25) is 39.3 Å². The van der Waals surface area contributed by atoms with Gasteiger partial charge in [-0.1, -0.05) is 48.5 Å². The number of hydrogen-bond donors (Lipinski definition) is 0. The maximum absolute atomic E-state index is 13.6. The second kappa shape index (κ2) is 8.71. The average molecular weight is 635 g/mol. The van der Waals surface area contributed by atoms with Gasteiger partial charge in [0.05, 0.1) is 39.2 Å². The highest BCUT2D eigenvalue weighted by atomic mass is 32.2. The summed E-state index contributed by atoms with van der Waals surface area (Å²) in [5.74, 6) is 0. The molecule has 12 heteroatoms. The molecule has 2 aliphatic heterocycles. The van der Waals surface area contributed by atoms with Gasteiger partial charge in [0.15, 0.2) is 0 Å². The van der Waals surface area contributed by atoms with E-state index in [-0.39, 0.29) is 61.4 Å². The number of rotatable bonds is 4. The van der Waals surface area contributed by atoms with Crippen molar-refractivity contribution in [3.8, 4) is 22.3 Å². The molecule has 0 aromatic heterocycles. The Bertz CT molecular complexity index is 2260. The first-order valence-electron chi connectivity index (χ1n) is 12.4. The second-order valence-corrected chi connectivity index (χ2v) is 17.5.